The highest BCUT2D eigenvalue weighted by molar-refractivity contribution is 5.46. The Kier molecular flexibility index (Phi) is 5.16. The highest BCUT2D eigenvalue weighted by atomic mass is 19.4. The molecule has 1 fully saturated rings. The molecule has 9 heteroatoms. The third kappa shape index (κ3) is 4.19. The van der Waals surface area contributed by atoms with Crippen molar-refractivity contribution >= 4 is 11.5 Å². The van der Waals surface area contributed by atoms with E-state index in [0.717, 1.165) is 24.1 Å². The molecule has 0 radical (unpaired) electrons. The molecule has 3 heterocycles. The second-order valence-corrected chi connectivity index (χ2v) is 7.64. The third-order valence-corrected chi connectivity index (χ3v) is 5.25. The van der Waals surface area contributed by atoms with Crippen molar-refractivity contribution in [3.63, 3.8) is 0 Å². The normalized spacial score (nSPS) is 16.1. The predicted molar refractivity (Wildman–Crippen MR) is 104 cm³/mol. The van der Waals surface area contributed by atoms with Crippen LogP contribution in [0.3, 0.4) is 0 Å². The highest BCUT2D eigenvalue weighted by Gasteiger charge is 2.37. The monoisotopic (exact) mass is 404 g/mol. The largest absolute Gasteiger partial charge is 0.453 e. The summed E-state index contributed by atoms with van der Waals surface area (Å²) in [6, 6.07) is 11.9. The van der Waals surface area contributed by atoms with Gasteiger partial charge in [0.2, 0.25) is 0 Å². The van der Waals surface area contributed by atoms with E-state index in [4.69, 9.17) is 0 Å². The van der Waals surface area contributed by atoms with Gasteiger partial charge in [0.15, 0.2) is 5.65 Å². The van der Waals surface area contributed by atoms with Crippen LogP contribution in [0, 0.1) is 0 Å². The smallest absolute Gasteiger partial charge is 0.353 e. The van der Waals surface area contributed by atoms with E-state index in [0.29, 0.717) is 24.8 Å². The molecule has 0 spiro atoms. The molecule has 29 heavy (non-hydrogen) atoms. The van der Waals surface area contributed by atoms with E-state index in [2.05, 4.69) is 58.3 Å². The number of fused-ring (bicyclic) bond motifs is 1. The number of alkyl halides is 3. The summed E-state index contributed by atoms with van der Waals surface area (Å²) in [6.45, 7) is 8.26. The number of halogens is 3. The van der Waals surface area contributed by atoms with Gasteiger partial charge in [-0.1, -0.05) is 38.1 Å². The quantitative estimate of drug-likeness (QED) is 0.665. The molecule has 1 saturated heterocycles. The summed E-state index contributed by atoms with van der Waals surface area (Å²) >= 11 is 0. The van der Waals surface area contributed by atoms with Crippen molar-refractivity contribution in [3.8, 4) is 0 Å². The predicted octanol–water partition coefficient (Wildman–Crippen LogP) is 3.59. The number of anilines is 1. The van der Waals surface area contributed by atoms with Crippen LogP contribution in [-0.2, 0) is 12.7 Å². The summed E-state index contributed by atoms with van der Waals surface area (Å²) in [7, 11) is 0. The highest BCUT2D eigenvalue weighted by Crippen LogP contribution is 2.28. The Bertz CT molecular complexity index is 972. The molecule has 1 aliphatic rings. The number of aromatic nitrogens is 4. The molecule has 0 saturated carbocycles. The molecule has 3 aromatic rings. The van der Waals surface area contributed by atoms with Crippen molar-refractivity contribution in [2.24, 2.45) is 0 Å². The van der Waals surface area contributed by atoms with Crippen LogP contribution in [0.5, 0.6) is 0 Å². The van der Waals surface area contributed by atoms with Gasteiger partial charge in [-0.3, -0.25) is 4.90 Å². The molecule has 0 amide bonds. The van der Waals surface area contributed by atoms with Gasteiger partial charge >= 0.3 is 6.18 Å². The molecular weight excluding hydrogens is 381 g/mol. The summed E-state index contributed by atoms with van der Waals surface area (Å²) < 4.78 is 40.0. The van der Waals surface area contributed by atoms with Gasteiger partial charge in [-0.05, 0) is 29.2 Å². The maximum atomic E-state index is 13.1. The van der Waals surface area contributed by atoms with E-state index < -0.39 is 12.0 Å². The molecule has 2 aromatic heterocycles. The molecule has 6 nitrogen and oxygen atoms in total. The Hall–Kier alpha value is -2.68. The van der Waals surface area contributed by atoms with E-state index in [1.165, 1.54) is 17.2 Å². The van der Waals surface area contributed by atoms with Crippen LogP contribution in [0.25, 0.3) is 5.65 Å². The van der Waals surface area contributed by atoms with Gasteiger partial charge in [-0.25, -0.2) is 0 Å². The Balaban J connectivity index is 1.41. The fourth-order valence-corrected chi connectivity index (χ4v) is 3.53. The van der Waals surface area contributed by atoms with E-state index in [1.807, 2.05) is 4.90 Å². The molecular formula is C20H23F3N6. The first-order chi connectivity index (χ1) is 13.8. The van der Waals surface area contributed by atoms with Crippen LogP contribution in [0.4, 0.5) is 19.0 Å². The number of hydrogen-bond acceptors (Lipinski definition) is 5. The first-order valence-corrected chi connectivity index (χ1v) is 9.67. The average Bonchev–Trinajstić information content (AvgIpc) is 3.13. The van der Waals surface area contributed by atoms with Crippen molar-refractivity contribution in [1.82, 2.24) is 24.7 Å². The first-order valence-electron chi connectivity index (χ1n) is 9.67. The first kappa shape index (κ1) is 19.6. The van der Waals surface area contributed by atoms with Gasteiger partial charge in [0.1, 0.15) is 5.82 Å². The van der Waals surface area contributed by atoms with Crippen LogP contribution in [0.2, 0.25) is 0 Å². The van der Waals surface area contributed by atoms with E-state index in [-0.39, 0.29) is 5.65 Å². The number of benzene rings is 1. The minimum absolute atomic E-state index is 0.0876. The lowest BCUT2D eigenvalue weighted by atomic mass is 10.0. The molecule has 0 bridgehead atoms. The zero-order chi connectivity index (χ0) is 20.6. The topological polar surface area (TPSA) is 49.6 Å². The van der Waals surface area contributed by atoms with E-state index in [9.17, 15) is 13.2 Å². The molecule has 154 valence electrons. The maximum Gasteiger partial charge on any atom is 0.453 e. The minimum atomic E-state index is -4.59. The van der Waals surface area contributed by atoms with Crippen LogP contribution >= 0.6 is 0 Å². The Morgan fingerprint density at radius 1 is 0.931 bits per heavy atom. The summed E-state index contributed by atoms with van der Waals surface area (Å²) in [5.41, 5.74) is 2.68. The second kappa shape index (κ2) is 7.62. The fourth-order valence-electron chi connectivity index (χ4n) is 3.53. The number of hydrogen-bond donors (Lipinski definition) is 0. The number of piperazine rings is 1. The fraction of sp³-hybridized carbons (Fsp3) is 0.450. The van der Waals surface area contributed by atoms with Crippen molar-refractivity contribution < 1.29 is 13.2 Å². The molecule has 4 rings (SSSR count). The van der Waals surface area contributed by atoms with Crippen LogP contribution in [-0.4, -0.2) is 50.9 Å². The number of nitrogens with zero attached hydrogens (tertiary/aromatic N) is 6. The molecule has 0 unspecified atom stereocenters. The van der Waals surface area contributed by atoms with Crippen molar-refractivity contribution in [2.75, 3.05) is 31.1 Å². The third-order valence-electron chi connectivity index (χ3n) is 5.25. The lowest BCUT2D eigenvalue weighted by Crippen LogP contribution is -2.46. The summed E-state index contributed by atoms with van der Waals surface area (Å²) in [5.74, 6) is -0.0810. The summed E-state index contributed by atoms with van der Waals surface area (Å²) in [4.78, 5) is 4.34. The standard InChI is InChI=1S/C20H23F3N6/c1-14(2)16-5-3-15(4-6-16)13-27-9-11-28(12-10-27)18-8-7-17-24-25-19(20(21,22)23)29(17)26-18/h3-8,14H,9-13H2,1-2H3. The van der Waals surface area contributed by atoms with Crippen LogP contribution < -0.4 is 4.90 Å². The molecule has 0 N–H and O–H groups in total. The summed E-state index contributed by atoms with van der Waals surface area (Å²) in [5, 5.41) is 10.9. The van der Waals surface area contributed by atoms with Gasteiger partial charge in [0.05, 0.1) is 0 Å². The Labute approximate surface area is 166 Å². The SMILES string of the molecule is CC(C)c1ccc(CN2CCN(c3ccc4nnc(C(F)(F)F)n4n3)CC2)cc1. The second-order valence-electron chi connectivity index (χ2n) is 7.64. The lowest BCUT2D eigenvalue weighted by Gasteiger charge is -2.35. The lowest BCUT2D eigenvalue weighted by molar-refractivity contribution is -0.146. The van der Waals surface area contributed by atoms with Gasteiger partial charge < -0.3 is 4.90 Å². The average molecular weight is 404 g/mol. The van der Waals surface area contributed by atoms with E-state index in [1.54, 1.807) is 6.07 Å². The van der Waals surface area contributed by atoms with Crippen LogP contribution in [0.1, 0.15) is 36.7 Å². The molecule has 0 aliphatic carbocycles. The van der Waals surface area contributed by atoms with Gasteiger partial charge in [0.25, 0.3) is 5.82 Å². The van der Waals surface area contributed by atoms with Gasteiger partial charge in [0, 0.05) is 32.7 Å². The molecule has 0 atom stereocenters. The zero-order valence-electron chi connectivity index (χ0n) is 16.4. The Morgan fingerprint density at radius 2 is 1.62 bits per heavy atom. The maximum absolute atomic E-state index is 13.1. The molecule has 1 aromatic carbocycles. The van der Waals surface area contributed by atoms with Crippen LogP contribution in [0.15, 0.2) is 36.4 Å². The van der Waals surface area contributed by atoms with Crippen molar-refractivity contribution in [1.29, 1.82) is 0 Å². The molecule has 1 aliphatic heterocycles. The number of rotatable bonds is 4. The van der Waals surface area contributed by atoms with Gasteiger partial charge in [-0.2, -0.15) is 17.7 Å². The Morgan fingerprint density at radius 3 is 2.24 bits per heavy atom. The zero-order valence-corrected chi connectivity index (χ0v) is 16.4. The van der Waals surface area contributed by atoms with E-state index >= 15 is 0 Å². The van der Waals surface area contributed by atoms with Crippen molar-refractivity contribution in [2.45, 2.75) is 32.5 Å². The summed E-state index contributed by atoms with van der Waals surface area (Å²) in [6.07, 6.45) is -4.59. The minimum Gasteiger partial charge on any atom is -0.353 e. The van der Waals surface area contributed by atoms with Crippen molar-refractivity contribution in [3.05, 3.63) is 53.3 Å². The van der Waals surface area contributed by atoms with Gasteiger partial charge in [-0.15, -0.1) is 15.3 Å².